The molecular weight excluding hydrogens is 720 g/mol. The first-order valence-corrected chi connectivity index (χ1v) is 25.3. The summed E-state index contributed by atoms with van der Waals surface area (Å²) in [6, 6.07) is 2.44. The summed E-state index contributed by atoms with van der Waals surface area (Å²) in [6.07, 6.45) is -0.741. The van der Waals surface area contributed by atoms with E-state index < -0.39 is 64.0 Å². The lowest BCUT2D eigenvalue weighted by atomic mass is 9.73. The lowest BCUT2D eigenvalue weighted by Crippen LogP contribution is -2.53. The zero-order valence-electron chi connectivity index (χ0n) is 34.3. The van der Waals surface area contributed by atoms with E-state index in [-0.39, 0.29) is 36.0 Å². The minimum absolute atomic E-state index is 0.105. The molecule has 2 rings (SSSR count). The third-order valence-electron chi connectivity index (χ3n) is 11.5. The zero-order chi connectivity index (χ0) is 39.9. The minimum atomic E-state index is -4.59. The maximum absolute atomic E-state index is 14.8. The Hall–Kier alpha value is -1.87. The van der Waals surface area contributed by atoms with E-state index in [1.165, 1.54) is 17.4 Å². The minimum Gasteiger partial charge on any atom is -0.457 e. The zero-order valence-corrected chi connectivity index (χ0v) is 37.1. The summed E-state index contributed by atoms with van der Waals surface area (Å²) >= 11 is 1.50. The Bertz CT molecular complexity index is 1430. The Kier molecular flexibility index (Phi) is 16.6. The number of cyclic esters (lactones) is 1. The monoisotopic (exact) mass is 785 g/mol. The molecule has 0 aromatic carbocycles. The van der Waals surface area contributed by atoms with Crippen LogP contribution in [0.2, 0.25) is 36.3 Å². The molecule has 0 fully saturated rings. The molecule has 0 bridgehead atoms. The summed E-state index contributed by atoms with van der Waals surface area (Å²) in [7, 11) is -4.80. The van der Waals surface area contributed by atoms with Crippen molar-refractivity contribution >= 4 is 45.8 Å². The van der Waals surface area contributed by atoms with Gasteiger partial charge < -0.3 is 13.6 Å². The van der Waals surface area contributed by atoms with E-state index in [1.54, 1.807) is 19.1 Å². The van der Waals surface area contributed by atoms with Crippen molar-refractivity contribution in [2.75, 3.05) is 0 Å². The summed E-state index contributed by atoms with van der Waals surface area (Å²) in [5, 5.41) is 2.65. The quantitative estimate of drug-likeness (QED) is 0.134. The van der Waals surface area contributed by atoms with Gasteiger partial charge in [-0.3, -0.25) is 9.59 Å². The van der Waals surface area contributed by atoms with Crippen molar-refractivity contribution < 1.29 is 36.3 Å². The molecule has 0 aliphatic carbocycles. The molecule has 12 heteroatoms. The smallest absolute Gasteiger partial charge is 0.412 e. The van der Waals surface area contributed by atoms with Crippen LogP contribution in [0.15, 0.2) is 34.8 Å². The van der Waals surface area contributed by atoms with Crippen molar-refractivity contribution in [3.63, 3.8) is 0 Å². The van der Waals surface area contributed by atoms with Gasteiger partial charge in [0.05, 0.1) is 29.3 Å². The predicted molar refractivity (Wildman–Crippen MR) is 213 cm³/mol. The normalized spacial score (nSPS) is 26.8. The van der Waals surface area contributed by atoms with Crippen LogP contribution < -0.4 is 0 Å². The molecule has 1 aliphatic heterocycles. The fourth-order valence-electron chi connectivity index (χ4n) is 6.47. The Labute approximate surface area is 318 Å². The standard InChI is InChI=1S/C40H66F3NO5SSi2/c1-15-34-44-31(26-50-34)24-28(6)32-23-22-30(40(41,42)43)21-19-20-27(5)36(49-51(13,14)38(8,9)10)29(7)37(46)39(11,12)33(25-35(45)47-32)48-52(16-2,17-3)18-4/h19-20,22,24,26-27,29,32-33,36H,15-18,21,23,25H2,1-14H3/b20-19+,28-24+,30-22+/t27-,29+,32-,33-,36-/m0/s1. The van der Waals surface area contributed by atoms with Crippen molar-refractivity contribution in [1.29, 1.82) is 0 Å². The molecule has 0 spiro atoms. The van der Waals surface area contributed by atoms with Gasteiger partial charge in [0.15, 0.2) is 16.6 Å². The number of allylic oxidation sites excluding steroid dienone is 2. The number of aryl methyl sites for hydroxylation is 1. The average Bonchev–Trinajstić information content (AvgIpc) is 3.51. The molecule has 2 heterocycles. The highest BCUT2D eigenvalue weighted by Gasteiger charge is 2.49. The molecule has 52 heavy (non-hydrogen) atoms. The lowest BCUT2D eigenvalue weighted by Gasteiger charge is -2.45. The van der Waals surface area contributed by atoms with E-state index >= 15 is 0 Å². The predicted octanol–water partition coefficient (Wildman–Crippen LogP) is 11.9. The van der Waals surface area contributed by atoms with Gasteiger partial charge in [-0.15, -0.1) is 11.3 Å². The first kappa shape index (κ1) is 46.3. The van der Waals surface area contributed by atoms with Crippen molar-refractivity contribution in [2.24, 2.45) is 17.3 Å². The molecule has 0 saturated heterocycles. The molecule has 0 N–H and O–H groups in total. The van der Waals surface area contributed by atoms with Gasteiger partial charge in [-0.2, -0.15) is 13.2 Å². The summed E-state index contributed by atoms with van der Waals surface area (Å²) in [4.78, 5) is 33.4. The van der Waals surface area contributed by atoms with Gasteiger partial charge in [-0.1, -0.05) is 94.4 Å². The number of alkyl halides is 3. The van der Waals surface area contributed by atoms with Gasteiger partial charge in [0, 0.05) is 28.7 Å². The van der Waals surface area contributed by atoms with Crippen LogP contribution in [-0.4, -0.2) is 57.9 Å². The van der Waals surface area contributed by atoms with Crippen LogP contribution in [-0.2, 0) is 29.6 Å². The van der Waals surface area contributed by atoms with Crippen LogP contribution in [0, 0.1) is 17.3 Å². The number of nitrogens with zero attached hydrogens (tertiary/aromatic N) is 1. The number of hydrogen-bond donors (Lipinski definition) is 0. The number of ether oxygens (including phenoxy) is 1. The fourth-order valence-corrected chi connectivity index (χ4v) is 11.6. The van der Waals surface area contributed by atoms with E-state index in [9.17, 15) is 22.8 Å². The van der Waals surface area contributed by atoms with Crippen molar-refractivity contribution in [1.82, 2.24) is 4.98 Å². The third-order valence-corrected chi connectivity index (χ3v) is 21.7. The van der Waals surface area contributed by atoms with Crippen molar-refractivity contribution in [3.8, 4) is 0 Å². The molecule has 1 aromatic heterocycles. The van der Waals surface area contributed by atoms with Crippen molar-refractivity contribution in [2.45, 2.75) is 170 Å². The van der Waals surface area contributed by atoms with Gasteiger partial charge in [0.25, 0.3) is 0 Å². The molecule has 1 aliphatic rings. The average molecular weight is 786 g/mol. The van der Waals surface area contributed by atoms with Gasteiger partial charge >= 0.3 is 12.1 Å². The fraction of sp³-hybridized carbons (Fsp3) is 0.725. The van der Waals surface area contributed by atoms with Crippen LogP contribution in [0.1, 0.15) is 113 Å². The number of carbonyl (C=O) groups excluding carboxylic acids is 2. The van der Waals surface area contributed by atoms with Crippen LogP contribution >= 0.6 is 11.3 Å². The molecule has 5 atom stereocenters. The number of thiazole rings is 1. The number of ketones is 1. The highest BCUT2D eigenvalue weighted by molar-refractivity contribution is 7.09. The molecule has 1 aromatic rings. The number of halogens is 3. The summed E-state index contributed by atoms with van der Waals surface area (Å²) in [6.45, 7) is 28.1. The van der Waals surface area contributed by atoms with Crippen molar-refractivity contribution in [3.05, 3.63) is 45.5 Å². The topological polar surface area (TPSA) is 74.7 Å². The number of Topliss-reactive ketones (excluding diaryl/α,β-unsaturated/α-hetero) is 1. The Morgan fingerprint density at radius 2 is 1.65 bits per heavy atom. The molecule has 296 valence electrons. The van der Waals surface area contributed by atoms with Crippen LogP contribution in [0.25, 0.3) is 6.08 Å². The van der Waals surface area contributed by atoms with Crippen LogP contribution in [0.3, 0.4) is 0 Å². The van der Waals surface area contributed by atoms with E-state index in [1.807, 2.05) is 40.0 Å². The SMILES string of the molecule is CCc1nc(/C=C(\C)[C@@H]2C/C=C(/C(F)(F)F)C/C=C/[C@H](C)[C@H](O[Si](C)(C)C(C)(C)C)[C@@H](C)C(=O)C(C)(C)[C@@H](O[Si](CC)(CC)CC)CC(=O)O2)cs1. The highest BCUT2D eigenvalue weighted by atomic mass is 32.1. The Morgan fingerprint density at radius 1 is 1.06 bits per heavy atom. The molecule has 6 nitrogen and oxygen atoms in total. The Morgan fingerprint density at radius 3 is 2.15 bits per heavy atom. The van der Waals surface area contributed by atoms with Gasteiger partial charge in [-0.05, 0) is 73.6 Å². The van der Waals surface area contributed by atoms with E-state index in [0.29, 0.717) is 11.3 Å². The number of hydrogen-bond acceptors (Lipinski definition) is 7. The van der Waals surface area contributed by atoms with Crippen LogP contribution in [0.5, 0.6) is 0 Å². The molecule has 0 amide bonds. The number of esters is 1. The summed E-state index contributed by atoms with van der Waals surface area (Å²) in [5.41, 5.74) is -0.583. The summed E-state index contributed by atoms with van der Waals surface area (Å²) in [5.74, 6) is -1.73. The number of carbonyl (C=O) groups is 2. The molecule has 0 radical (unpaired) electrons. The first-order valence-electron chi connectivity index (χ1n) is 19.0. The van der Waals surface area contributed by atoms with Gasteiger partial charge in [0.1, 0.15) is 11.9 Å². The first-order chi connectivity index (χ1) is 23.9. The molecule has 0 saturated carbocycles. The van der Waals surface area contributed by atoms with E-state index in [0.717, 1.165) is 35.6 Å². The second kappa shape index (κ2) is 18.6. The molecular formula is C40H66F3NO5SSi2. The summed E-state index contributed by atoms with van der Waals surface area (Å²) < 4.78 is 63.4. The second-order valence-corrected chi connectivity index (χ2v) is 27.0. The highest BCUT2D eigenvalue weighted by Crippen LogP contribution is 2.42. The molecule has 0 unspecified atom stereocenters. The largest absolute Gasteiger partial charge is 0.457 e. The third kappa shape index (κ3) is 12.1. The Balaban J connectivity index is 2.81. The second-order valence-electron chi connectivity index (χ2n) is 16.6. The number of rotatable bonds is 10. The lowest BCUT2D eigenvalue weighted by molar-refractivity contribution is -0.153. The van der Waals surface area contributed by atoms with Gasteiger partial charge in [0.2, 0.25) is 0 Å². The van der Waals surface area contributed by atoms with E-state index in [2.05, 4.69) is 59.6 Å². The number of aromatic nitrogens is 1. The van der Waals surface area contributed by atoms with Gasteiger partial charge in [-0.25, -0.2) is 4.98 Å². The maximum Gasteiger partial charge on any atom is 0.412 e. The van der Waals surface area contributed by atoms with E-state index in [4.69, 9.17) is 13.6 Å². The maximum atomic E-state index is 14.8. The van der Waals surface area contributed by atoms with Crippen LogP contribution in [0.4, 0.5) is 13.2 Å².